The lowest BCUT2D eigenvalue weighted by molar-refractivity contribution is 0.0906. The summed E-state index contributed by atoms with van der Waals surface area (Å²) < 4.78 is 46.9. The molecule has 0 heterocycles. The van der Waals surface area contributed by atoms with Gasteiger partial charge in [0.15, 0.2) is 0 Å². The molecule has 0 atom stereocenters. The Bertz CT molecular complexity index is 388. The Morgan fingerprint density at radius 2 is 1.62 bits per heavy atom. The number of hydrogen-bond donors (Lipinski definition) is 1. The number of rotatable bonds is 2. The summed E-state index contributed by atoms with van der Waals surface area (Å²) in [7, 11) is -4.89. The molecule has 0 unspecified atom stereocenters. The van der Waals surface area contributed by atoms with Gasteiger partial charge in [-0.15, -0.1) is 0 Å². The SMILES string of the molecule is NS(=O)(=O)C(F)(F)c1ccccc1. The predicted octanol–water partition coefficient (Wildman–Crippen LogP) is 1.02. The molecule has 0 aromatic heterocycles. The molecule has 0 saturated carbocycles. The first-order chi connectivity index (χ1) is 5.86. The maximum atomic E-state index is 12.9. The highest BCUT2D eigenvalue weighted by Crippen LogP contribution is 2.31. The van der Waals surface area contributed by atoms with Crippen molar-refractivity contribution < 1.29 is 17.2 Å². The van der Waals surface area contributed by atoms with Crippen molar-refractivity contribution in [1.82, 2.24) is 0 Å². The number of alkyl halides is 2. The third-order valence-corrected chi connectivity index (χ3v) is 2.42. The van der Waals surface area contributed by atoms with Crippen molar-refractivity contribution in [3.63, 3.8) is 0 Å². The molecule has 13 heavy (non-hydrogen) atoms. The highest BCUT2D eigenvalue weighted by atomic mass is 32.2. The zero-order valence-electron chi connectivity index (χ0n) is 6.44. The molecule has 0 spiro atoms. The van der Waals surface area contributed by atoms with E-state index in [9.17, 15) is 17.2 Å². The van der Waals surface area contributed by atoms with E-state index < -0.39 is 20.8 Å². The van der Waals surface area contributed by atoms with E-state index in [4.69, 9.17) is 0 Å². The summed E-state index contributed by atoms with van der Waals surface area (Å²) in [4.78, 5) is 0. The van der Waals surface area contributed by atoms with E-state index in [1.165, 1.54) is 18.2 Å². The molecule has 72 valence electrons. The molecule has 1 rings (SSSR count). The predicted molar refractivity (Wildman–Crippen MR) is 43.4 cm³/mol. The molecular weight excluding hydrogens is 200 g/mol. The first-order valence-electron chi connectivity index (χ1n) is 3.31. The number of benzene rings is 1. The summed E-state index contributed by atoms with van der Waals surface area (Å²) in [5, 5.41) is 0.348. The molecule has 6 heteroatoms. The van der Waals surface area contributed by atoms with Gasteiger partial charge >= 0.3 is 5.25 Å². The molecule has 0 saturated heterocycles. The Labute approximate surface area is 74.2 Å². The van der Waals surface area contributed by atoms with Crippen LogP contribution >= 0.6 is 0 Å². The van der Waals surface area contributed by atoms with E-state index in [-0.39, 0.29) is 0 Å². The average molecular weight is 207 g/mol. The largest absolute Gasteiger partial charge is 0.384 e. The summed E-state index contributed by atoms with van der Waals surface area (Å²) in [6, 6.07) is 6.14. The Morgan fingerprint density at radius 3 is 2.00 bits per heavy atom. The fourth-order valence-corrected chi connectivity index (χ4v) is 1.26. The molecule has 0 radical (unpaired) electrons. The lowest BCUT2D eigenvalue weighted by Gasteiger charge is -2.13. The van der Waals surface area contributed by atoms with Gasteiger partial charge in [-0.05, 0) is 0 Å². The minimum Gasteiger partial charge on any atom is -0.223 e. The molecule has 0 bridgehead atoms. The van der Waals surface area contributed by atoms with Gasteiger partial charge in [-0.25, -0.2) is 13.6 Å². The van der Waals surface area contributed by atoms with Crippen LogP contribution in [0.1, 0.15) is 5.56 Å². The van der Waals surface area contributed by atoms with Crippen LogP contribution in [0.3, 0.4) is 0 Å². The van der Waals surface area contributed by atoms with Crippen molar-refractivity contribution in [1.29, 1.82) is 0 Å². The Hall–Kier alpha value is -1.01. The minimum atomic E-state index is -4.89. The maximum absolute atomic E-state index is 12.9. The monoisotopic (exact) mass is 207 g/mol. The van der Waals surface area contributed by atoms with Crippen molar-refractivity contribution in [2.75, 3.05) is 0 Å². The highest BCUT2D eigenvalue weighted by molar-refractivity contribution is 7.89. The van der Waals surface area contributed by atoms with E-state index in [0.29, 0.717) is 0 Å². The van der Waals surface area contributed by atoms with E-state index in [2.05, 4.69) is 5.14 Å². The zero-order chi connectivity index (χ0) is 10.1. The number of nitrogens with two attached hydrogens (primary N) is 1. The van der Waals surface area contributed by atoms with Gasteiger partial charge in [-0.2, -0.15) is 8.78 Å². The summed E-state index contributed by atoms with van der Waals surface area (Å²) in [6.45, 7) is 0. The van der Waals surface area contributed by atoms with Crippen LogP contribution in [0.2, 0.25) is 0 Å². The van der Waals surface area contributed by atoms with Crippen molar-refractivity contribution >= 4 is 10.0 Å². The number of hydrogen-bond acceptors (Lipinski definition) is 2. The van der Waals surface area contributed by atoms with Crippen molar-refractivity contribution in [3.8, 4) is 0 Å². The van der Waals surface area contributed by atoms with Crippen molar-refractivity contribution in [2.45, 2.75) is 5.25 Å². The fourth-order valence-electron chi connectivity index (χ4n) is 0.796. The van der Waals surface area contributed by atoms with Crippen LogP contribution in [0, 0.1) is 0 Å². The van der Waals surface area contributed by atoms with E-state index in [1.807, 2.05) is 0 Å². The second kappa shape index (κ2) is 3.04. The van der Waals surface area contributed by atoms with Crippen molar-refractivity contribution in [2.24, 2.45) is 5.14 Å². The van der Waals surface area contributed by atoms with E-state index in [0.717, 1.165) is 12.1 Å². The van der Waals surface area contributed by atoms with Gasteiger partial charge in [0.25, 0.3) is 10.0 Å². The van der Waals surface area contributed by atoms with Gasteiger partial charge in [0.2, 0.25) is 0 Å². The van der Waals surface area contributed by atoms with Crippen LogP contribution in [0.5, 0.6) is 0 Å². The van der Waals surface area contributed by atoms with Crippen molar-refractivity contribution in [3.05, 3.63) is 35.9 Å². The molecule has 0 aliphatic heterocycles. The molecule has 0 fully saturated rings. The van der Waals surface area contributed by atoms with Crippen LogP contribution in [-0.4, -0.2) is 8.42 Å². The highest BCUT2D eigenvalue weighted by Gasteiger charge is 2.44. The molecule has 1 aromatic carbocycles. The maximum Gasteiger partial charge on any atom is 0.384 e. The van der Waals surface area contributed by atoms with Gasteiger partial charge in [0.1, 0.15) is 0 Å². The molecule has 1 aromatic rings. The standard InChI is InChI=1S/C7H7F2NO2S/c8-7(9,13(10,11)12)6-4-2-1-3-5-6/h1-5H,(H2,10,11,12). The van der Waals surface area contributed by atoms with Gasteiger partial charge < -0.3 is 0 Å². The van der Waals surface area contributed by atoms with Crippen LogP contribution in [0.15, 0.2) is 30.3 Å². The average Bonchev–Trinajstić information content (AvgIpc) is 2.04. The smallest absolute Gasteiger partial charge is 0.223 e. The first-order valence-corrected chi connectivity index (χ1v) is 4.86. The van der Waals surface area contributed by atoms with Gasteiger partial charge in [-0.1, -0.05) is 30.3 Å². The normalized spacial score (nSPS) is 12.8. The number of primary sulfonamides is 1. The second-order valence-corrected chi connectivity index (χ2v) is 4.03. The third kappa shape index (κ3) is 1.84. The zero-order valence-corrected chi connectivity index (χ0v) is 7.26. The third-order valence-electron chi connectivity index (χ3n) is 1.47. The molecule has 2 N–H and O–H groups in total. The van der Waals surface area contributed by atoms with Crippen LogP contribution < -0.4 is 5.14 Å². The summed E-state index contributed by atoms with van der Waals surface area (Å²) in [5.41, 5.74) is -0.627. The topological polar surface area (TPSA) is 60.2 Å². The summed E-state index contributed by atoms with van der Waals surface area (Å²) in [5.74, 6) is 0. The van der Waals surface area contributed by atoms with E-state index >= 15 is 0 Å². The van der Waals surface area contributed by atoms with Gasteiger partial charge in [0.05, 0.1) is 0 Å². The lowest BCUT2D eigenvalue weighted by Crippen LogP contribution is -2.32. The second-order valence-electron chi connectivity index (χ2n) is 2.43. The quantitative estimate of drug-likeness (QED) is 0.787. The summed E-state index contributed by atoms with van der Waals surface area (Å²) >= 11 is 0. The first kappa shape index (κ1) is 10.1. The van der Waals surface area contributed by atoms with E-state index in [1.54, 1.807) is 0 Å². The Balaban J connectivity index is 3.24. The molecule has 0 aliphatic carbocycles. The molecule has 3 nitrogen and oxygen atoms in total. The number of sulfonamides is 1. The fraction of sp³-hybridized carbons (Fsp3) is 0.143. The van der Waals surface area contributed by atoms with Gasteiger partial charge in [-0.3, -0.25) is 0 Å². The molecular formula is C7H7F2NO2S. The Morgan fingerprint density at radius 1 is 1.15 bits per heavy atom. The number of halogens is 2. The van der Waals surface area contributed by atoms with Crippen LogP contribution in [0.4, 0.5) is 8.78 Å². The van der Waals surface area contributed by atoms with Crippen LogP contribution in [-0.2, 0) is 15.3 Å². The minimum absolute atomic E-state index is 0.627. The van der Waals surface area contributed by atoms with Crippen LogP contribution in [0.25, 0.3) is 0 Å². The van der Waals surface area contributed by atoms with Gasteiger partial charge in [0, 0.05) is 5.56 Å². The Kier molecular flexibility index (Phi) is 2.36. The summed E-state index contributed by atoms with van der Waals surface area (Å²) in [6.07, 6.45) is 0. The molecule has 0 aliphatic rings. The lowest BCUT2D eigenvalue weighted by atomic mass is 10.2. The molecule has 0 amide bonds.